The molecular formula is C14H19ClN2O2. The molecule has 104 valence electrons. The van der Waals surface area contributed by atoms with Gasteiger partial charge in [0.15, 0.2) is 5.78 Å². The van der Waals surface area contributed by atoms with Gasteiger partial charge in [-0.1, -0.05) is 37.3 Å². The number of nitrogens with two attached hydrogens (primary N) is 1. The first-order chi connectivity index (χ1) is 9.09. The second kappa shape index (κ2) is 5.88. The average Bonchev–Trinajstić information content (AvgIpc) is 2.67. The molecule has 0 amide bonds. The summed E-state index contributed by atoms with van der Waals surface area (Å²) in [4.78, 5) is 16.7. The Bertz CT molecular complexity index is 469. The molecule has 0 radical (unpaired) electrons. The van der Waals surface area contributed by atoms with Gasteiger partial charge in [-0.25, -0.2) is 4.98 Å². The van der Waals surface area contributed by atoms with Crippen LogP contribution in [0.15, 0.2) is 12.3 Å². The molecule has 1 saturated carbocycles. The van der Waals surface area contributed by atoms with E-state index in [0.29, 0.717) is 10.6 Å². The van der Waals surface area contributed by atoms with Gasteiger partial charge in [0.2, 0.25) is 0 Å². The van der Waals surface area contributed by atoms with Crippen LogP contribution in [-0.4, -0.2) is 23.5 Å². The maximum atomic E-state index is 12.8. The molecule has 1 aromatic heterocycles. The minimum Gasteiger partial charge on any atom is -0.383 e. The van der Waals surface area contributed by atoms with Crippen LogP contribution in [0.1, 0.15) is 48.9 Å². The number of aromatic nitrogens is 1. The van der Waals surface area contributed by atoms with Gasteiger partial charge >= 0.3 is 0 Å². The lowest BCUT2D eigenvalue weighted by Gasteiger charge is -2.30. The highest BCUT2D eigenvalue weighted by atomic mass is 35.5. The van der Waals surface area contributed by atoms with Crippen LogP contribution in [0, 0.1) is 0 Å². The molecule has 5 heteroatoms. The molecule has 0 aliphatic heterocycles. The van der Waals surface area contributed by atoms with Crippen molar-refractivity contribution in [3.8, 4) is 0 Å². The summed E-state index contributed by atoms with van der Waals surface area (Å²) in [5.41, 5.74) is 5.41. The fourth-order valence-electron chi connectivity index (χ4n) is 2.70. The molecule has 19 heavy (non-hydrogen) atoms. The number of carbonyl (C=O) groups is 1. The number of pyridine rings is 1. The van der Waals surface area contributed by atoms with Crippen molar-refractivity contribution in [1.82, 2.24) is 4.98 Å². The minimum absolute atomic E-state index is 0.0931. The van der Waals surface area contributed by atoms with Crippen LogP contribution in [0.4, 0.5) is 5.82 Å². The Morgan fingerprint density at radius 2 is 2.00 bits per heavy atom. The lowest BCUT2D eigenvalue weighted by molar-refractivity contribution is -0.00687. The molecule has 1 aromatic rings. The number of nitrogen functional groups attached to an aromatic ring is 1. The molecule has 2 rings (SSSR count). The largest absolute Gasteiger partial charge is 0.383 e. The van der Waals surface area contributed by atoms with E-state index in [4.69, 9.17) is 22.1 Å². The van der Waals surface area contributed by atoms with Crippen molar-refractivity contribution >= 4 is 23.2 Å². The van der Waals surface area contributed by atoms with Gasteiger partial charge in [0, 0.05) is 13.3 Å². The summed E-state index contributed by atoms with van der Waals surface area (Å²) >= 11 is 5.91. The van der Waals surface area contributed by atoms with Crippen LogP contribution in [0.25, 0.3) is 0 Å². The number of carbonyl (C=O) groups excluding carboxylic acids is 1. The first-order valence-corrected chi connectivity index (χ1v) is 6.98. The zero-order valence-electron chi connectivity index (χ0n) is 11.1. The van der Waals surface area contributed by atoms with Crippen LogP contribution in [-0.2, 0) is 4.74 Å². The second-order valence-corrected chi connectivity index (χ2v) is 5.46. The van der Waals surface area contributed by atoms with E-state index in [1.54, 1.807) is 13.2 Å². The third-order valence-corrected chi connectivity index (χ3v) is 4.05. The highest BCUT2D eigenvalue weighted by Gasteiger charge is 2.40. The highest BCUT2D eigenvalue weighted by molar-refractivity contribution is 6.31. The predicted octanol–water partition coefficient (Wildman–Crippen LogP) is 3.24. The first kappa shape index (κ1) is 14.3. The summed E-state index contributed by atoms with van der Waals surface area (Å²) in [6.45, 7) is 0. The topological polar surface area (TPSA) is 65.2 Å². The molecule has 0 spiro atoms. The third kappa shape index (κ3) is 2.90. The van der Waals surface area contributed by atoms with E-state index in [1.165, 1.54) is 6.20 Å². The zero-order valence-corrected chi connectivity index (χ0v) is 11.9. The Kier molecular flexibility index (Phi) is 4.42. The number of ether oxygens (including phenoxy) is 1. The number of hydrogen-bond acceptors (Lipinski definition) is 4. The quantitative estimate of drug-likeness (QED) is 0.683. The SMILES string of the molecule is COC1(C(=O)c2cc(Cl)cnc2N)CCCCCC1. The van der Waals surface area contributed by atoms with Crippen molar-refractivity contribution in [3.05, 3.63) is 22.8 Å². The molecule has 1 aliphatic carbocycles. The minimum atomic E-state index is -0.767. The van der Waals surface area contributed by atoms with Gasteiger partial charge in [-0.3, -0.25) is 4.79 Å². The van der Waals surface area contributed by atoms with Crippen LogP contribution in [0.2, 0.25) is 5.02 Å². The standard InChI is InChI=1S/C14H19ClN2O2/c1-19-14(6-4-2-3-5-7-14)12(18)11-8-10(15)9-17-13(11)16/h8-9H,2-7H2,1H3,(H2,16,17). The van der Waals surface area contributed by atoms with Crippen LogP contribution >= 0.6 is 11.6 Å². The number of nitrogens with zero attached hydrogens (tertiary/aromatic N) is 1. The van der Waals surface area contributed by atoms with E-state index in [1.807, 2.05) is 0 Å². The van der Waals surface area contributed by atoms with Crippen molar-refractivity contribution < 1.29 is 9.53 Å². The summed E-state index contributed by atoms with van der Waals surface area (Å²) in [6.07, 6.45) is 7.17. The zero-order chi connectivity index (χ0) is 13.9. The van der Waals surface area contributed by atoms with Crippen LogP contribution < -0.4 is 5.73 Å². The maximum Gasteiger partial charge on any atom is 0.198 e. The normalized spacial score (nSPS) is 18.8. The van der Waals surface area contributed by atoms with Gasteiger partial charge in [0.05, 0.1) is 10.6 Å². The fourth-order valence-corrected chi connectivity index (χ4v) is 2.86. The highest BCUT2D eigenvalue weighted by Crippen LogP contribution is 2.34. The monoisotopic (exact) mass is 282 g/mol. The van der Waals surface area contributed by atoms with Gasteiger partial charge in [-0.05, 0) is 18.9 Å². The molecule has 0 saturated heterocycles. The Labute approximate surface area is 118 Å². The number of methoxy groups -OCH3 is 1. The van der Waals surface area contributed by atoms with Crippen molar-refractivity contribution in [2.45, 2.75) is 44.1 Å². The predicted molar refractivity (Wildman–Crippen MR) is 75.4 cm³/mol. The van der Waals surface area contributed by atoms with Crippen molar-refractivity contribution in [2.24, 2.45) is 0 Å². The van der Waals surface area contributed by atoms with Gasteiger partial charge in [0.25, 0.3) is 0 Å². The van der Waals surface area contributed by atoms with Gasteiger partial charge in [0.1, 0.15) is 11.4 Å². The number of halogens is 1. The van der Waals surface area contributed by atoms with Crippen molar-refractivity contribution in [2.75, 3.05) is 12.8 Å². The molecule has 0 aromatic carbocycles. The smallest absolute Gasteiger partial charge is 0.198 e. The summed E-state index contributed by atoms with van der Waals surface area (Å²) in [5.74, 6) is 0.125. The number of anilines is 1. The van der Waals surface area contributed by atoms with E-state index >= 15 is 0 Å². The van der Waals surface area contributed by atoms with Gasteiger partial charge in [-0.2, -0.15) is 0 Å². The van der Waals surface area contributed by atoms with E-state index in [2.05, 4.69) is 4.98 Å². The first-order valence-electron chi connectivity index (χ1n) is 6.60. The van der Waals surface area contributed by atoms with E-state index in [0.717, 1.165) is 38.5 Å². The lowest BCUT2D eigenvalue weighted by atomic mass is 9.86. The third-order valence-electron chi connectivity index (χ3n) is 3.85. The summed E-state index contributed by atoms with van der Waals surface area (Å²) < 4.78 is 5.59. The molecule has 0 bridgehead atoms. The fraction of sp³-hybridized carbons (Fsp3) is 0.571. The maximum absolute atomic E-state index is 12.8. The molecular weight excluding hydrogens is 264 g/mol. The van der Waals surface area contributed by atoms with Crippen LogP contribution in [0.5, 0.6) is 0 Å². The van der Waals surface area contributed by atoms with Gasteiger partial charge in [-0.15, -0.1) is 0 Å². The van der Waals surface area contributed by atoms with Gasteiger partial charge < -0.3 is 10.5 Å². The second-order valence-electron chi connectivity index (χ2n) is 5.03. The molecule has 1 heterocycles. The van der Waals surface area contributed by atoms with E-state index in [-0.39, 0.29) is 11.6 Å². The van der Waals surface area contributed by atoms with E-state index in [9.17, 15) is 4.79 Å². The number of Topliss-reactive ketones (excluding diaryl/α,β-unsaturated/α-hetero) is 1. The summed E-state index contributed by atoms with van der Waals surface area (Å²) in [7, 11) is 1.59. The lowest BCUT2D eigenvalue weighted by Crippen LogP contribution is -2.40. The Balaban J connectivity index is 2.36. The molecule has 2 N–H and O–H groups in total. The molecule has 0 unspecified atom stereocenters. The average molecular weight is 283 g/mol. The molecule has 1 aliphatic rings. The molecule has 0 atom stereocenters. The van der Waals surface area contributed by atoms with Crippen LogP contribution in [0.3, 0.4) is 0 Å². The summed E-state index contributed by atoms with van der Waals surface area (Å²) in [5, 5.41) is 0.414. The Hall–Kier alpha value is -1.13. The summed E-state index contributed by atoms with van der Waals surface area (Å²) in [6, 6.07) is 1.58. The van der Waals surface area contributed by atoms with E-state index < -0.39 is 5.60 Å². The Morgan fingerprint density at radius 3 is 2.58 bits per heavy atom. The Morgan fingerprint density at radius 1 is 1.37 bits per heavy atom. The number of hydrogen-bond donors (Lipinski definition) is 1. The molecule has 4 nitrogen and oxygen atoms in total. The van der Waals surface area contributed by atoms with Crippen molar-refractivity contribution in [1.29, 1.82) is 0 Å². The molecule has 1 fully saturated rings. The van der Waals surface area contributed by atoms with Crippen molar-refractivity contribution in [3.63, 3.8) is 0 Å². The number of rotatable bonds is 3. The number of ketones is 1.